The molecule has 1 N–H and O–H groups in total. The third-order valence-corrected chi connectivity index (χ3v) is 4.20. The van der Waals surface area contributed by atoms with Crippen molar-refractivity contribution in [3.63, 3.8) is 0 Å². The molecular formula is C15H24N4O. The average molecular weight is 276 g/mol. The Morgan fingerprint density at radius 3 is 2.60 bits per heavy atom. The highest BCUT2D eigenvalue weighted by Gasteiger charge is 2.28. The van der Waals surface area contributed by atoms with Crippen molar-refractivity contribution in [2.24, 2.45) is 0 Å². The zero-order chi connectivity index (χ0) is 14.8. The van der Waals surface area contributed by atoms with Gasteiger partial charge in [0.1, 0.15) is 5.69 Å². The summed E-state index contributed by atoms with van der Waals surface area (Å²) in [4.78, 5) is 20.0. The van der Waals surface area contributed by atoms with Gasteiger partial charge in [-0.15, -0.1) is 0 Å². The monoisotopic (exact) mass is 276 g/mol. The van der Waals surface area contributed by atoms with Crippen molar-refractivity contribution in [2.45, 2.75) is 25.3 Å². The molecule has 5 nitrogen and oxygen atoms in total. The van der Waals surface area contributed by atoms with Crippen LogP contribution in [0.4, 0.5) is 5.69 Å². The molecular weight excluding hydrogens is 252 g/mol. The van der Waals surface area contributed by atoms with E-state index in [2.05, 4.69) is 22.1 Å². The summed E-state index contributed by atoms with van der Waals surface area (Å²) < 4.78 is 0. The summed E-state index contributed by atoms with van der Waals surface area (Å²) in [5, 5.41) is 3.40. The van der Waals surface area contributed by atoms with Gasteiger partial charge >= 0.3 is 0 Å². The lowest BCUT2D eigenvalue weighted by molar-refractivity contribution is 0.0822. The van der Waals surface area contributed by atoms with Gasteiger partial charge in [0.25, 0.3) is 5.91 Å². The number of nitrogens with one attached hydrogen (secondary N) is 1. The molecule has 0 saturated carbocycles. The third-order valence-electron chi connectivity index (χ3n) is 4.20. The Kier molecular flexibility index (Phi) is 4.28. The molecule has 1 amide bonds. The lowest BCUT2D eigenvalue weighted by Gasteiger charge is -2.40. The number of anilines is 1. The fourth-order valence-electron chi connectivity index (χ4n) is 2.47. The highest BCUT2D eigenvalue weighted by atomic mass is 16.2. The molecule has 1 fully saturated rings. The predicted octanol–water partition coefficient (Wildman–Crippen LogP) is 1.36. The predicted molar refractivity (Wildman–Crippen MR) is 81.2 cm³/mol. The van der Waals surface area contributed by atoms with Crippen molar-refractivity contribution >= 4 is 11.6 Å². The number of aromatic nitrogens is 1. The Hall–Kier alpha value is -1.62. The van der Waals surface area contributed by atoms with E-state index in [9.17, 15) is 4.79 Å². The molecule has 1 aromatic heterocycles. The summed E-state index contributed by atoms with van der Waals surface area (Å²) in [5.74, 6) is -0.0519. The van der Waals surface area contributed by atoms with Crippen molar-refractivity contribution in [1.82, 2.24) is 15.2 Å². The second-order valence-electron chi connectivity index (χ2n) is 5.90. The van der Waals surface area contributed by atoms with E-state index in [4.69, 9.17) is 0 Å². The number of hydrogen-bond donors (Lipinski definition) is 1. The number of piperidine rings is 1. The molecule has 0 unspecified atom stereocenters. The van der Waals surface area contributed by atoms with Crippen LogP contribution in [0, 0.1) is 0 Å². The summed E-state index contributed by atoms with van der Waals surface area (Å²) in [6.07, 6.45) is 3.92. The van der Waals surface area contributed by atoms with Gasteiger partial charge in [-0.1, -0.05) is 0 Å². The van der Waals surface area contributed by atoms with Gasteiger partial charge in [-0.05, 0) is 38.9 Å². The minimum Gasteiger partial charge on any atom is -0.371 e. The smallest absolute Gasteiger partial charge is 0.272 e. The Morgan fingerprint density at radius 2 is 2.05 bits per heavy atom. The zero-order valence-corrected chi connectivity index (χ0v) is 12.8. The van der Waals surface area contributed by atoms with E-state index in [1.165, 1.54) is 0 Å². The maximum Gasteiger partial charge on any atom is 0.272 e. The summed E-state index contributed by atoms with van der Waals surface area (Å²) in [5.41, 5.74) is 1.82. The van der Waals surface area contributed by atoms with Crippen LogP contribution in [0.2, 0.25) is 0 Å². The first-order chi connectivity index (χ1) is 9.45. The average Bonchev–Trinajstić information content (AvgIpc) is 2.47. The molecule has 20 heavy (non-hydrogen) atoms. The lowest BCUT2D eigenvalue weighted by atomic mass is 9.90. The number of hydrogen-bond acceptors (Lipinski definition) is 4. The van der Waals surface area contributed by atoms with Gasteiger partial charge in [-0.2, -0.15) is 0 Å². The molecule has 0 bridgehead atoms. The fraction of sp³-hybridized carbons (Fsp3) is 0.600. The van der Waals surface area contributed by atoms with E-state index in [1.807, 2.05) is 19.2 Å². The topological polar surface area (TPSA) is 48.5 Å². The molecule has 110 valence electrons. The first-order valence-electron chi connectivity index (χ1n) is 7.07. The number of nitrogens with zero attached hydrogens (tertiary/aromatic N) is 3. The van der Waals surface area contributed by atoms with E-state index in [0.29, 0.717) is 5.69 Å². The van der Waals surface area contributed by atoms with E-state index < -0.39 is 0 Å². The van der Waals surface area contributed by atoms with Crippen LogP contribution in [-0.2, 0) is 0 Å². The molecule has 1 saturated heterocycles. The quantitative estimate of drug-likeness (QED) is 0.905. The van der Waals surface area contributed by atoms with Crippen LogP contribution in [0.5, 0.6) is 0 Å². The molecule has 0 aliphatic carbocycles. The van der Waals surface area contributed by atoms with E-state index in [-0.39, 0.29) is 11.4 Å². The maximum atomic E-state index is 12.0. The maximum absolute atomic E-state index is 12.0. The number of amides is 1. The van der Waals surface area contributed by atoms with Gasteiger partial charge in [0.2, 0.25) is 0 Å². The third kappa shape index (κ3) is 3.10. The molecule has 1 aliphatic heterocycles. The van der Waals surface area contributed by atoms with Crippen molar-refractivity contribution in [3.05, 3.63) is 24.0 Å². The van der Waals surface area contributed by atoms with Gasteiger partial charge in [0, 0.05) is 44.6 Å². The molecule has 2 rings (SSSR count). The minimum absolute atomic E-state index is 0.0519. The number of carbonyl (C=O) groups excluding carboxylic acids is 1. The molecule has 0 spiro atoms. The van der Waals surface area contributed by atoms with Gasteiger partial charge in [0.05, 0.1) is 0 Å². The van der Waals surface area contributed by atoms with Gasteiger partial charge in [-0.25, -0.2) is 0 Å². The first-order valence-corrected chi connectivity index (χ1v) is 7.07. The van der Waals surface area contributed by atoms with Crippen LogP contribution in [0.15, 0.2) is 18.3 Å². The first kappa shape index (κ1) is 14.8. The number of carbonyl (C=O) groups is 1. The van der Waals surface area contributed by atoms with Crippen LogP contribution in [0.25, 0.3) is 0 Å². The normalized spacial score (nSPS) is 17.9. The van der Waals surface area contributed by atoms with Crippen LogP contribution in [-0.4, -0.2) is 55.6 Å². The standard InChI is InChI=1S/C15H24N4O/c1-15(16-2)6-9-19(10-7-15)12-5-8-17-13(11-12)14(20)18(3)4/h5,8,11,16H,6-7,9-10H2,1-4H3. The van der Waals surface area contributed by atoms with Crippen molar-refractivity contribution in [1.29, 1.82) is 0 Å². The molecule has 1 aliphatic rings. The van der Waals surface area contributed by atoms with Crippen LogP contribution in [0.1, 0.15) is 30.3 Å². The largest absolute Gasteiger partial charge is 0.371 e. The van der Waals surface area contributed by atoms with Crippen molar-refractivity contribution < 1.29 is 4.79 Å². The summed E-state index contributed by atoms with van der Waals surface area (Å²) in [7, 11) is 5.52. The molecule has 2 heterocycles. The molecule has 0 aromatic carbocycles. The van der Waals surface area contributed by atoms with Crippen LogP contribution in [0.3, 0.4) is 0 Å². The Morgan fingerprint density at radius 1 is 1.40 bits per heavy atom. The molecule has 0 atom stereocenters. The highest BCUT2D eigenvalue weighted by Crippen LogP contribution is 2.25. The highest BCUT2D eigenvalue weighted by molar-refractivity contribution is 5.92. The Bertz CT molecular complexity index is 479. The molecule has 1 aromatic rings. The Labute approximate surface area is 121 Å². The van der Waals surface area contributed by atoms with Crippen LogP contribution >= 0.6 is 0 Å². The SMILES string of the molecule is CNC1(C)CCN(c2ccnc(C(=O)N(C)C)c2)CC1. The van der Waals surface area contributed by atoms with E-state index >= 15 is 0 Å². The summed E-state index contributed by atoms with van der Waals surface area (Å²) >= 11 is 0. The van der Waals surface area contributed by atoms with Crippen molar-refractivity contribution in [2.75, 3.05) is 39.1 Å². The lowest BCUT2D eigenvalue weighted by Crippen LogP contribution is -2.50. The molecule has 0 radical (unpaired) electrons. The number of pyridine rings is 1. The second-order valence-corrected chi connectivity index (χ2v) is 5.90. The van der Waals surface area contributed by atoms with Gasteiger partial charge < -0.3 is 15.1 Å². The van der Waals surface area contributed by atoms with Gasteiger partial charge in [0.15, 0.2) is 0 Å². The summed E-state index contributed by atoms with van der Waals surface area (Å²) in [6.45, 7) is 4.26. The van der Waals surface area contributed by atoms with Crippen molar-refractivity contribution in [3.8, 4) is 0 Å². The Balaban J connectivity index is 2.11. The van der Waals surface area contributed by atoms with Gasteiger partial charge in [-0.3, -0.25) is 9.78 Å². The van der Waals surface area contributed by atoms with Crippen LogP contribution < -0.4 is 10.2 Å². The van der Waals surface area contributed by atoms with E-state index in [0.717, 1.165) is 31.6 Å². The number of rotatable bonds is 3. The zero-order valence-electron chi connectivity index (χ0n) is 12.8. The molecule has 5 heteroatoms. The second kappa shape index (κ2) is 5.79. The summed E-state index contributed by atoms with van der Waals surface area (Å²) in [6, 6.07) is 3.87. The fourth-order valence-corrected chi connectivity index (χ4v) is 2.47. The minimum atomic E-state index is -0.0519. The van der Waals surface area contributed by atoms with E-state index in [1.54, 1.807) is 25.2 Å².